The molecule has 120 valence electrons. The van der Waals surface area contributed by atoms with Crippen LogP contribution in [0.3, 0.4) is 0 Å². The fourth-order valence-electron chi connectivity index (χ4n) is 2.59. The van der Waals surface area contributed by atoms with Crippen LogP contribution < -0.4 is 10.6 Å². The van der Waals surface area contributed by atoms with Gasteiger partial charge in [-0.2, -0.15) is 4.98 Å². The molecule has 1 fully saturated rings. The predicted molar refractivity (Wildman–Crippen MR) is 95.9 cm³/mol. The van der Waals surface area contributed by atoms with E-state index in [1.807, 2.05) is 12.1 Å². The van der Waals surface area contributed by atoms with Gasteiger partial charge in [0.1, 0.15) is 17.1 Å². The molecule has 0 unspecified atom stereocenters. The average Bonchev–Trinajstić information content (AvgIpc) is 3.10. The highest BCUT2D eigenvalue weighted by Crippen LogP contribution is 2.44. The SMILES string of the molecule is CSc1c(C2CNC2)sc2c(NCc3ccco3)nc(Cl)nc12. The molecule has 0 spiro atoms. The molecule has 0 radical (unpaired) electrons. The van der Waals surface area contributed by atoms with Crippen molar-refractivity contribution in [3.8, 4) is 0 Å². The molecular formula is C15H15ClN4OS2. The van der Waals surface area contributed by atoms with Crippen LogP contribution >= 0.6 is 34.7 Å². The minimum atomic E-state index is 0.269. The maximum Gasteiger partial charge on any atom is 0.225 e. The van der Waals surface area contributed by atoms with Gasteiger partial charge in [-0.15, -0.1) is 23.1 Å². The number of hydrogen-bond acceptors (Lipinski definition) is 7. The van der Waals surface area contributed by atoms with E-state index in [0.29, 0.717) is 12.5 Å². The number of thiophene rings is 1. The van der Waals surface area contributed by atoms with Crippen LogP contribution in [0.4, 0.5) is 5.82 Å². The molecule has 0 aromatic carbocycles. The molecule has 4 rings (SSSR count). The van der Waals surface area contributed by atoms with Gasteiger partial charge in [-0.05, 0) is 30.0 Å². The Kier molecular flexibility index (Phi) is 4.19. The van der Waals surface area contributed by atoms with Crippen LogP contribution in [-0.4, -0.2) is 29.3 Å². The lowest BCUT2D eigenvalue weighted by atomic mass is 10.0. The quantitative estimate of drug-likeness (QED) is 0.526. The van der Waals surface area contributed by atoms with Gasteiger partial charge in [-0.1, -0.05) is 0 Å². The van der Waals surface area contributed by atoms with Crippen LogP contribution in [0.5, 0.6) is 0 Å². The summed E-state index contributed by atoms with van der Waals surface area (Å²) in [7, 11) is 0. The molecule has 8 heteroatoms. The molecule has 1 saturated heterocycles. The largest absolute Gasteiger partial charge is 0.467 e. The van der Waals surface area contributed by atoms with Crippen molar-refractivity contribution >= 4 is 50.7 Å². The fraction of sp³-hybridized carbons (Fsp3) is 0.333. The zero-order chi connectivity index (χ0) is 15.8. The Balaban J connectivity index is 1.75. The molecule has 23 heavy (non-hydrogen) atoms. The first kappa shape index (κ1) is 15.3. The number of rotatable bonds is 5. The van der Waals surface area contributed by atoms with Crippen molar-refractivity contribution in [2.24, 2.45) is 0 Å². The summed E-state index contributed by atoms with van der Waals surface area (Å²) in [6.45, 7) is 2.62. The molecule has 0 bridgehead atoms. The van der Waals surface area contributed by atoms with Crippen molar-refractivity contribution in [3.05, 3.63) is 34.3 Å². The van der Waals surface area contributed by atoms with Gasteiger partial charge in [-0.3, -0.25) is 0 Å². The van der Waals surface area contributed by atoms with Gasteiger partial charge in [-0.25, -0.2) is 4.98 Å². The summed E-state index contributed by atoms with van der Waals surface area (Å²) in [5, 5.41) is 6.93. The molecule has 0 amide bonds. The second kappa shape index (κ2) is 6.32. The predicted octanol–water partition coefficient (Wildman–Crippen LogP) is 3.96. The third-order valence-corrected chi connectivity index (χ3v) is 6.32. The van der Waals surface area contributed by atoms with Gasteiger partial charge in [0.05, 0.1) is 17.5 Å². The summed E-state index contributed by atoms with van der Waals surface area (Å²) >= 11 is 9.64. The second-order valence-electron chi connectivity index (χ2n) is 5.31. The van der Waals surface area contributed by atoms with Crippen LogP contribution in [0.15, 0.2) is 27.7 Å². The highest BCUT2D eigenvalue weighted by atomic mass is 35.5. The maximum absolute atomic E-state index is 6.15. The fourth-order valence-corrected chi connectivity index (χ4v) is 5.11. The zero-order valence-corrected chi connectivity index (χ0v) is 14.8. The number of aromatic nitrogens is 2. The highest BCUT2D eigenvalue weighted by Gasteiger charge is 2.27. The lowest BCUT2D eigenvalue weighted by Crippen LogP contribution is -2.39. The number of hydrogen-bond donors (Lipinski definition) is 2. The van der Waals surface area contributed by atoms with Crippen molar-refractivity contribution < 1.29 is 4.42 Å². The molecule has 2 N–H and O–H groups in total. The van der Waals surface area contributed by atoms with E-state index in [0.717, 1.165) is 34.9 Å². The molecule has 3 aromatic heterocycles. The normalized spacial score (nSPS) is 15.0. The van der Waals surface area contributed by atoms with Crippen molar-refractivity contribution in [1.29, 1.82) is 0 Å². The Bertz CT molecular complexity index is 830. The topological polar surface area (TPSA) is 63.0 Å². The van der Waals surface area contributed by atoms with Gasteiger partial charge in [0.2, 0.25) is 5.28 Å². The smallest absolute Gasteiger partial charge is 0.225 e. The van der Waals surface area contributed by atoms with Crippen LogP contribution in [-0.2, 0) is 6.54 Å². The monoisotopic (exact) mass is 366 g/mol. The summed E-state index contributed by atoms with van der Waals surface area (Å²) in [5.41, 5.74) is 0.950. The molecule has 1 aliphatic heterocycles. The maximum atomic E-state index is 6.15. The van der Waals surface area contributed by atoms with E-state index in [4.69, 9.17) is 16.0 Å². The zero-order valence-electron chi connectivity index (χ0n) is 12.4. The Morgan fingerprint density at radius 1 is 1.48 bits per heavy atom. The summed E-state index contributed by atoms with van der Waals surface area (Å²) in [6.07, 6.45) is 3.75. The van der Waals surface area contributed by atoms with E-state index >= 15 is 0 Å². The Labute approximate surface area is 146 Å². The van der Waals surface area contributed by atoms with E-state index in [-0.39, 0.29) is 5.28 Å². The van der Waals surface area contributed by atoms with Gasteiger partial charge in [0, 0.05) is 28.8 Å². The number of nitrogens with zero attached hydrogens (tertiary/aromatic N) is 2. The van der Waals surface area contributed by atoms with E-state index < -0.39 is 0 Å². The van der Waals surface area contributed by atoms with E-state index in [1.54, 1.807) is 29.4 Å². The van der Waals surface area contributed by atoms with Gasteiger partial charge < -0.3 is 15.1 Å². The van der Waals surface area contributed by atoms with Crippen molar-refractivity contribution in [3.63, 3.8) is 0 Å². The van der Waals surface area contributed by atoms with E-state index in [9.17, 15) is 0 Å². The standard InChI is InChI=1S/C15H15ClN4OS2/c1-22-12-10-13(23-11(12)8-5-17-6-8)14(20-15(16)19-10)18-7-9-3-2-4-21-9/h2-4,8,17H,5-7H2,1H3,(H,18,19,20). The molecule has 4 heterocycles. The van der Waals surface area contributed by atoms with Crippen LogP contribution in [0.1, 0.15) is 16.6 Å². The minimum Gasteiger partial charge on any atom is -0.467 e. The lowest BCUT2D eigenvalue weighted by Gasteiger charge is -2.26. The van der Waals surface area contributed by atoms with Crippen molar-refractivity contribution in [2.45, 2.75) is 17.4 Å². The first-order chi connectivity index (χ1) is 11.3. The van der Waals surface area contributed by atoms with Gasteiger partial charge in [0.15, 0.2) is 0 Å². The summed E-state index contributed by atoms with van der Waals surface area (Å²) in [5.74, 6) is 2.20. The molecular weight excluding hydrogens is 352 g/mol. The molecule has 0 saturated carbocycles. The van der Waals surface area contributed by atoms with Crippen LogP contribution in [0, 0.1) is 0 Å². The summed E-state index contributed by atoms with van der Waals surface area (Å²) < 4.78 is 6.43. The Morgan fingerprint density at radius 3 is 3.00 bits per heavy atom. The first-order valence-corrected chi connectivity index (χ1v) is 9.69. The number of anilines is 1. The van der Waals surface area contributed by atoms with Gasteiger partial charge in [0.25, 0.3) is 0 Å². The number of furan rings is 1. The number of fused-ring (bicyclic) bond motifs is 1. The minimum absolute atomic E-state index is 0.269. The number of thioether (sulfide) groups is 1. The summed E-state index contributed by atoms with van der Waals surface area (Å²) in [4.78, 5) is 11.5. The second-order valence-corrected chi connectivity index (χ2v) is 7.51. The third-order valence-electron chi connectivity index (χ3n) is 3.86. The Hall–Kier alpha value is -1.28. The third kappa shape index (κ3) is 2.82. The van der Waals surface area contributed by atoms with Crippen LogP contribution in [0.25, 0.3) is 10.2 Å². The molecule has 5 nitrogen and oxygen atoms in total. The highest BCUT2D eigenvalue weighted by molar-refractivity contribution is 7.99. The van der Waals surface area contributed by atoms with E-state index in [1.165, 1.54) is 9.77 Å². The first-order valence-electron chi connectivity index (χ1n) is 7.27. The van der Waals surface area contributed by atoms with Crippen molar-refractivity contribution in [1.82, 2.24) is 15.3 Å². The molecule has 0 atom stereocenters. The average molecular weight is 367 g/mol. The van der Waals surface area contributed by atoms with E-state index in [2.05, 4.69) is 26.9 Å². The molecule has 1 aliphatic rings. The number of halogens is 1. The number of nitrogens with one attached hydrogen (secondary N) is 2. The van der Waals surface area contributed by atoms with Crippen molar-refractivity contribution in [2.75, 3.05) is 24.7 Å². The van der Waals surface area contributed by atoms with Crippen LogP contribution in [0.2, 0.25) is 5.28 Å². The molecule has 0 aliphatic carbocycles. The Morgan fingerprint density at radius 2 is 2.35 bits per heavy atom. The molecule has 3 aromatic rings. The lowest BCUT2D eigenvalue weighted by molar-refractivity contribution is 0.450. The summed E-state index contributed by atoms with van der Waals surface area (Å²) in [6, 6.07) is 3.80. The van der Waals surface area contributed by atoms with Gasteiger partial charge >= 0.3 is 0 Å².